The Balaban J connectivity index is 2.20. The van der Waals surface area contributed by atoms with E-state index in [-0.39, 0.29) is 0 Å². The Labute approximate surface area is 102 Å². The lowest BCUT2D eigenvalue weighted by Crippen LogP contribution is -2.09. The predicted molar refractivity (Wildman–Crippen MR) is 67.1 cm³/mol. The van der Waals surface area contributed by atoms with E-state index < -0.39 is 0 Å². The van der Waals surface area contributed by atoms with E-state index in [1.165, 1.54) is 25.7 Å². The number of pyridine rings is 1. The van der Waals surface area contributed by atoms with E-state index in [2.05, 4.69) is 30.5 Å². The molecule has 0 spiro atoms. The quantitative estimate of drug-likeness (QED) is 0.818. The van der Waals surface area contributed by atoms with E-state index in [0.29, 0.717) is 12.0 Å². The van der Waals surface area contributed by atoms with Crippen molar-refractivity contribution < 1.29 is 0 Å². The van der Waals surface area contributed by atoms with Crippen LogP contribution < -0.4 is 5.73 Å². The summed E-state index contributed by atoms with van der Waals surface area (Å²) >= 11 is 3.39. The highest BCUT2D eigenvalue weighted by Crippen LogP contribution is 2.34. The van der Waals surface area contributed by atoms with Gasteiger partial charge in [-0.05, 0) is 40.9 Å². The van der Waals surface area contributed by atoms with Gasteiger partial charge in [0.15, 0.2) is 5.65 Å². The minimum atomic E-state index is 0.479. The molecule has 1 aliphatic rings. The smallest absolute Gasteiger partial charge is 0.202 e. The van der Waals surface area contributed by atoms with Gasteiger partial charge < -0.3 is 5.73 Å². The summed E-state index contributed by atoms with van der Waals surface area (Å²) in [6.07, 6.45) is 4.92. The van der Waals surface area contributed by atoms with Gasteiger partial charge in [0.2, 0.25) is 5.95 Å². The van der Waals surface area contributed by atoms with E-state index >= 15 is 0 Å². The molecule has 0 unspecified atom stereocenters. The normalized spacial score (nSPS) is 17.3. The predicted octanol–water partition coefficient (Wildman–Crippen LogP) is 2.89. The number of rotatable bonds is 1. The minimum Gasteiger partial charge on any atom is -0.369 e. The highest BCUT2D eigenvalue weighted by Gasteiger charge is 2.22. The molecule has 0 bridgehead atoms. The van der Waals surface area contributed by atoms with Crippen LogP contribution in [0.25, 0.3) is 11.2 Å². The second-order valence-corrected chi connectivity index (χ2v) is 5.07. The lowest BCUT2D eigenvalue weighted by molar-refractivity contribution is 0.536. The van der Waals surface area contributed by atoms with Crippen molar-refractivity contribution in [2.45, 2.75) is 31.7 Å². The molecule has 2 aromatic rings. The maximum absolute atomic E-state index is 5.98. The first-order chi connectivity index (χ1) is 7.75. The van der Waals surface area contributed by atoms with E-state index in [1.54, 1.807) is 0 Å². The molecule has 2 heterocycles. The van der Waals surface area contributed by atoms with Gasteiger partial charge in [-0.25, -0.2) is 9.97 Å². The molecule has 0 amide bonds. The molecule has 0 atom stereocenters. The SMILES string of the molecule is Nc1nc2ccc(Br)nc2n1C1CCCC1. The number of nitrogens with two attached hydrogens (primary N) is 1. The molecular weight excluding hydrogens is 268 g/mol. The molecule has 84 valence electrons. The van der Waals surface area contributed by atoms with Crippen LogP contribution >= 0.6 is 15.9 Å². The summed E-state index contributed by atoms with van der Waals surface area (Å²) in [6, 6.07) is 4.33. The average molecular weight is 281 g/mol. The van der Waals surface area contributed by atoms with Gasteiger partial charge in [0.05, 0.1) is 0 Å². The molecule has 16 heavy (non-hydrogen) atoms. The first-order valence-electron chi connectivity index (χ1n) is 5.55. The number of nitrogens with zero attached hydrogens (tertiary/aromatic N) is 3. The summed E-state index contributed by atoms with van der Waals surface area (Å²) in [4.78, 5) is 8.83. The number of hydrogen-bond donors (Lipinski definition) is 1. The Morgan fingerprint density at radius 3 is 2.75 bits per heavy atom. The zero-order valence-corrected chi connectivity index (χ0v) is 10.4. The van der Waals surface area contributed by atoms with Crippen LogP contribution in [0.5, 0.6) is 0 Å². The van der Waals surface area contributed by atoms with Gasteiger partial charge in [0, 0.05) is 6.04 Å². The second kappa shape index (κ2) is 3.73. The first kappa shape index (κ1) is 10.1. The van der Waals surface area contributed by atoms with Crippen LogP contribution in [0.3, 0.4) is 0 Å². The third-order valence-corrected chi connectivity index (χ3v) is 3.66. The fourth-order valence-electron chi connectivity index (χ4n) is 2.49. The largest absolute Gasteiger partial charge is 0.369 e. The van der Waals surface area contributed by atoms with Crippen molar-refractivity contribution in [3.8, 4) is 0 Å². The Kier molecular flexibility index (Phi) is 2.35. The summed E-state index contributed by atoms with van der Waals surface area (Å²) < 4.78 is 2.92. The van der Waals surface area contributed by atoms with Crippen molar-refractivity contribution in [1.29, 1.82) is 0 Å². The molecule has 0 saturated heterocycles. The number of hydrogen-bond acceptors (Lipinski definition) is 3. The van der Waals surface area contributed by atoms with E-state index in [9.17, 15) is 0 Å². The van der Waals surface area contributed by atoms with Crippen LogP contribution in [-0.2, 0) is 0 Å². The molecule has 2 aromatic heterocycles. The molecule has 1 saturated carbocycles. The number of anilines is 1. The van der Waals surface area contributed by atoms with E-state index in [0.717, 1.165) is 15.8 Å². The summed E-state index contributed by atoms with van der Waals surface area (Å²) in [5.41, 5.74) is 7.76. The summed E-state index contributed by atoms with van der Waals surface area (Å²) in [7, 11) is 0. The van der Waals surface area contributed by atoms with Crippen molar-refractivity contribution >= 4 is 33.0 Å². The molecule has 4 nitrogen and oxygen atoms in total. The molecule has 0 aromatic carbocycles. The van der Waals surface area contributed by atoms with Gasteiger partial charge >= 0.3 is 0 Å². The zero-order valence-electron chi connectivity index (χ0n) is 8.86. The van der Waals surface area contributed by atoms with Crippen molar-refractivity contribution in [2.75, 3.05) is 5.73 Å². The van der Waals surface area contributed by atoms with Gasteiger partial charge in [-0.3, -0.25) is 4.57 Å². The second-order valence-electron chi connectivity index (χ2n) is 4.25. The van der Waals surface area contributed by atoms with Crippen LogP contribution in [0.2, 0.25) is 0 Å². The van der Waals surface area contributed by atoms with Crippen molar-refractivity contribution in [1.82, 2.24) is 14.5 Å². The molecule has 1 fully saturated rings. The standard InChI is InChI=1S/C11H13BrN4/c12-9-6-5-8-10(15-9)16(11(13)14-8)7-3-1-2-4-7/h5-7H,1-4H2,(H2,13,14). The molecule has 1 aliphatic carbocycles. The number of aromatic nitrogens is 3. The van der Waals surface area contributed by atoms with Crippen molar-refractivity contribution in [3.05, 3.63) is 16.7 Å². The van der Waals surface area contributed by atoms with Gasteiger partial charge in [0.25, 0.3) is 0 Å². The van der Waals surface area contributed by atoms with Crippen molar-refractivity contribution in [2.24, 2.45) is 0 Å². The van der Waals surface area contributed by atoms with Crippen molar-refractivity contribution in [3.63, 3.8) is 0 Å². The summed E-state index contributed by atoms with van der Waals surface area (Å²) in [5.74, 6) is 0.590. The maximum Gasteiger partial charge on any atom is 0.202 e. The summed E-state index contributed by atoms with van der Waals surface area (Å²) in [5, 5.41) is 0. The maximum atomic E-state index is 5.98. The fraction of sp³-hybridized carbons (Fsp3) is 0.455. The molecule has 5 heteroatoms. The molecule has 3 rings (SSSR count). The Morgan fingerprint density at radius 2 is 2.00 bits per heavy atom. The number of halogens is 1. The van der Waals surface area contributed by atoms with Crippen LogP contribution in [0, 0.1) is 0 Å². The highest BCUT2D eigenvalue weighted by molar-refractivity contribution is 9.10. The Morgan fingerprint density at radius 1 is 1.25 bits per heavy atom. The third kappa shape index (κ3) is 1.50. The first-order valence-corrected chi connectivity index (χ1v) is 6.35. The summed E-state index contributed by atoms with van der Waals surface area (Å²) in [6.45, 7) is 0. The van der Waals surface area contributed by atoms with Gasteiger partial charge in [-0.2, -0.15) is 0 Å². The van der Waals surface area contributed by atoms with Crippen LogP contribution in [-0.4, -0.2) is 14.5 Å². The molecule has 2 N–H and O–H groups in total. The number of nitrogen functional groups attached to an aromatic ring is 1. The topological polar surface area (TPSA) is 56.7 Å². The monoisotopic (exact) mass is 280 g/mol. The highest BCUT2D eigenvalue weighted by atomic mass is 79.9. The van der Waals surface area contributed by atoms with Gasteiger partial charge in [-0.15, -0.1) is 0 Å². The molecular formula is C11H13BrN4. The van der Waals surface area contributed by atoms with Crippen LogP contribution in [0.4, 0.5) is 5.95 Å². The average Bonchev–Trinajstić information content (AvgIpc) is 2.83. The van der Waals surface area contributed by atoms with E-state index in [1.807, 2.05) is 12.1 Å². The zero-order chi connectivity index (χ0) is 11.1. The van der Waals surface area contributed by atoms with E-state index in [4.69, 9.17) is 5.73 Å². The Hall–Kier alpha value is -1.10. The fourth-order valence-corrected chi connectivity index (χ4v) is 2.79. The minimum absolute atomic E-state index is 0.479. The lowest BCUT2D eigenvalue weighted by atomic mass is 10.2. The number of imidazole rings is 1. The van der Waals surface area contributed by atoms with Gasteiger partial charge in [-0.1, -0.05) is 12.8 Å². The van der Waals surface area contributed by atoms with Crippen LogP contribution in [0.1, 0.15) is 31.7 Å². The molecule has 0 aliphatic heterocycles. The third-order valence-electron chi connectivity index (χ3n) is 3.22. The number of fused-ring (bicyclic) bond motifs is 1. The van der Waals surface area contributed by atoms with Gasteiger partial charge in [0.1, 0.15) is 10.1 Å². The lowest BCUT2D eigenvalue weighted by Gasteiger charge is -2.13. The molecule has 0 radical (unpaired) electrons. The van der Waals surface area contributed by atoms with Crippen LogP contribution in [0.15, 0.2) is 16.7 Å². The Bertz CT molecular complexity index is 528.